The van der Waals surface area contributed by atoms with Gasteiger partial charge in [-0.2, -0.15) is 0 Å². The molecule has 1 heterocycles. The minimum absolute atomic E-state index is 0.0246. The van der Waals surface area contributed by atoms with Crippen LogP contribution in [-0.2, 0) is 4.79 Å². The lowest BCUT2D eigenvalue weighted by atomic mass is 9.95. The third-order valence-electron chi connectivity index (χ3n) is 5.48. The number of nitrogens with zero attached hydrogens (tertiary/aromatic N) is 1. The van der Waals surface area contributed by atoms with E-state index in [1.54, 1.807) is 0 Å². The fraction of sp³-hybridized carbons (Fsp3) is 0.667. The van der Waals surface area contributed by atoms with E-state index in [1.165, 1.54) is 32.4 Å². The Labute approximate surface area is 151 Å². The first-order chi connectivity index (χ1) is 11.9. The van der Waals surface area contributed by atoms with Crippen molar-refractivity contribution in [1.82, 2.24) is 4.90 Å². The summed E-state index contributed by atoms with van der Waals surface area (Å²) in [7, 11) is 0. The molecule has 1 aromatic carbocycles. The Balaban J connectivity index is 1.35. The molecular weight excluding hydrogens is 312 g/mol. The van der Waals surface area contributed by atoms with Gasteiger partial charge in [-0.1, -0.05) is 27.2 Å². The molecule has 1 saturated carbocycles. The molecule has 0 radical (unpaired) electrons. The molecule has 0 bridgehead atoms. The highest BCUT2D eigenvalue weighted by molar-refractivity contribution is 5.94. The zero-order valence-corrected chi connectivity index (χ0v) is 15.9. The molecule has 2 aliphatic rings. The van der Waals surface area contributed by atoms with Gasteiger partial charge in [0.05, 0.1) is 6.61 Å². The Morgan fingerprint density at radius 1 is 1.16 bits per heavy atom. The lowest BCUT2D eigenvalue weighted by Crippen LogP contribution is -2.27. The van der Waals surface area contributed by atoms with Crippen molar-refractivity contribution >= 4 is 11.6 Å². The van der Waals surface area contributed by atoms with Gasteiger partial charge in [0.25, 0.3) is 0 Å². The summed E-state index contributed by atoms with van der Waals surface area (Å²) < 4.78 is 5.85. The minimum atomic E-state index is -0.386. The molecule has 1 N–H and O–H groups in total. The van der Waals surface area contributed by atoms with Crippen molar-refractivity contribution in [2.24, 2.45) is 17.3 Å². The van der Waals surface area contributed by atoms with E-state index in [-0.39, 0.29) is 11.3 Å². The van der Waals surface area contributed by atoms with Gasteiger partial charge < -0.3 is 15.0 Å². The fourth-order valence-corrected chi connectivity index (χ4v) is 3.95. The second-order valence-electron chi connectivity index (χ2n) is 8.64. The van der Waals surface area contributed by atoms with Crippen LogP contribution in [0.3, 0.4) is 0 Å². The summed E-state index contributed by atoms with van der Waals surface area (Å²) in [5.41, 5.74) is 0.430. The second kappa shape index (κ2) is 7.77. The Morgan fingerprint density at radius 3 is 2.40 bits per heavy atom. The lowest BCUT2D eigenvalue weighted by molar-refractivity contribution is -0.123. The number of rotatable bonds is 6. The number of benzene rings is 1. The molecule has 2 atom stereocenters. The van der Waals surface area contributed by atoms with Crippen LogP contribution in [0.5, 0.6) is 5.75 Å². The van der Waals surface area contributed by atoms with E-state index in [9.17, 15) is 4.79 Å². The largest absolute Gasteiger partial charge is 0.494 e. The van der Waals surface area contributed by atoms with Gasteiger partial charge in [-0.25, -0.2) is 0 Å². The molecule has 1 aliphatic carbocycles. The van der Waals surface area contributed by atoms with Crippen molar-refractivity contribution in [3.05, 3.63) is 24.3 Å². The van der Waals surface area contributed by atoms with Crippen molar-refractivity contribution in [3.8, 4) is 5.75 Å². The maximum atomic E-state index is 12.0. The molecule has 1 amide bonds. The summed E-state index contributed by atoms with van der Waals surface area (Å²) >= 11 is 0. The molecule has 2 unspecified atom stereocenters. The predicted octanol–water partition coefficient (Wildman–Crippen LogP) is 4.17. The topological polar surface area (TPSA) is 41.6 Å². The van der Waals surface area contributed by atoms with E-state index < -0.39 is 0 Å². The van der Waals surface area contributed by atoms with Gasteiger partial charge in [-0.05, 0) is 55.4 Å². The Bertz CT molecular complexity index is 565. The molecule has 1 aromatic rings. The SMILES string of the molecule is CC(C)(C)C(=O)Nc1ccc(OCCCN2CC3CCCC3C2)cc1. The number of amides is 1. The number of likely N-dealkylation sites (tertiary alicyclic amines) is 1. The quantitative estimate of drug-likeness (QED) is 0.788. The van der Waals surface area contributed by atoms with Gasteiger partial charge in [0.15, 0.2) is 0 Å². The summed E-state index contributed by atoms with van der Waals surface area (Å²) in [5.74, 6) is 2.83. The fourth-order valence-electron chi connectivity index (χ4n) is 3.95. The number of hydrogen-bond acceptors (Lipinski definition) is 3. The van der Waals surface area contributed by atoms with E-state index in [1.807, 2.05) is 45.0 Å². The number of carbonyl (C=O) groups is 1. The third kappa shape index (κ3) is 4.97. The third-order valence-corrected chi connectivity index (χ3v) is 5.48. The van der Waals surface area contributed by atoms with Gasteiger partial charge in [0.2, 0.25) is 5.91 Å². The molecule has 4 heteroatoms. The first kappa shape index (κ1) is 18.2. The zero-order valence-electron chi connectivity index (χ0n) is 15.9. The zero-order chi connectivity index (χ0) is 17.9. The van der Waals surface area contributed by atoms with Crippen LogP contribution in [0, 0.1) is 17.3 Å². The predicted molar refractivity (Wildman–Crippen MR) is 102 cm³/mol. The highest BCUT2D eigenvalue weighted by Crippen LogP contribution is 2.37. The standard InChI is InChI=1S/C21H32N2O2/c1-21(2,3)20(24)22-18-8-10-19(11-9-18)25-13-5-12-23-14-16-6-4-7-17(16)15-23/h8-11,16-17H,4-7,12-15H2,1-3H3,(H,22,24). The molecule has 138 valence electrons. The number of anilines is 1. The normalized spacial score (nSPS) is 23.5. The summed E-state index contributed by atoms with van der Waals surface area (Å²) in [4.78, 5) is 14.6. The van der Waals surface area contributed by atoms with Crippen LogP contribution in [0.1, 0.15) is 46.5 Å². The molecule has 0 aromatic heterocycles. The molecule has 3 rings (SSSR count). The average Bonchev–Trinajstić information content (AvgIpc) is 3.13. The molecule has 2 fully saturated rings. The molecule has 25 heavy (non-hydrogen) atoms. The molecule has 1 aliphatic heterocycles. The molecular formula is C21H32N2O2. The minimum Gasteiger partial charge on any atom is -0.494 e. The maximum Gasteiger partial charge on any atom is 0.229 e. The van der Waals surface area contributed by atoms with Gasteiger partial charge in [-0.15, -0.1) is 0 Å². The van der Waals surface area contributed by atoms with Crippen LogP contribution in [0.2, 0.25) is 0 Å². The van der Waals surface area contributed by atoms with Crippen LogP contribution < -0.4 is 10.1 Å². The van der Waals surface area contributed by atoms with E-state index in [4.69, 9.17) is 4.74 Å². The van der Waals surface area contributed by atoms with Crippen LogP contribution in [0.25, 0.3) is 0 Å². The van der Waals surface area contributed by atoms with Crippen LogP contribution in [0.15, 0.2) is 24.3 Å². The summed E-state index contributed by atoms with van der Waals surface area (Å²) in [6.45, 7) is 10.2. The van der Waals surface area contributed by atoms with Crippen LogP contribution in [0.4, 0.5) is 5.69 Å². The lowest BCUT2D eigenvalue weighted by Gasteiger charge is -2.18. The van der Waals surface area contributed by atoms with Gasteiger partial charge >= 0.3 is 0 Å². The van der Waals surface area contributed by atoms with E-state index in [0.29, 0.717) is 0 Å². The van der Waals surface area contributed by atoms with Crippen LogP contribution >= 0.6 is 0 Å². The number of hydrogen-bond donors (Lipinski definition) is 1. The summed E-state index contributed by atoms with van der Waals surface area (Å²) in [6.07, 6.45) is 5.39. The van der Waals surface area contributed by atoms with Gasteiger partial charge in [-0.3, -0.25) is 4.79 Å². The summed E-state index contributed by atoms with van der Waals surface area (Å²) in [6, 6.07) is 7.66. The first-order valence-corrected chi connectivity index (χ1v) is 9.68. The second-order valence-corrected chi connectivity index (χ2v) is 8.64. The number of carbonyl (C=O) groups excluding carboxylic acids is 1. The first-order valence-electron chi connectivity index (χ1n) is 9.68. The van der Waals surface area contributed by atoms with E-state index in [2.05, 4.69) is 10.2 Å². The van der Waals surface area contributed by atoms with Crippen molar-refractivity contribution in [2.45, 2.75) is 46.5 Å². The van der Waals surface area contributed by atoms with Crippen molar-refractivity contribution in [1.29, 1.82) is 0 Å². The highest BCUT2D eigenvalue weighted by atomic mass is 16.5. The van der Waals surface area contributed by atoms with Gasteiger partial charge in [0.1, 0.15) is 5.75 Å². The highest BCUT2D eigenvalue weighted by Gasteiger charge is 2.35. The summed E-state index contributed by atoms with van der Waals surface area (Å²) in [5, 5.41) is 2.93. The van der Waals surface area contributed by atoms with Crippen molar-refractivity contribution < 1.29 is 9.53 Å². The Morgan fingerprint density at radius 2 is 1.80 bits per heavy atom. The van der Waals surface area contributed by atoms with E-state index in [0.717, 1.165) is 42.8 Å². The van der Waals surface area contributed by atoms with E-state index >= 15 is 0 Å². The molecule has 0 spiro atoms. The Hall–Kier alpha value is -1.55. The number of fused-ring (bicyclic) bond motifs is 1. The maximum absolute atomic E-state index is 12.0. The molecule has 1 saturated heterocycles. The smallest absolute Gasteiger partial charge is 0.229 e. The average molecular weight is 344 g/mol. The molecule has 4 nitrogen and oxygen atoms in total. The van der Waals surface area contributed by atoms with Crippen LogP contribution in [-0.4, -0.2) is 37.0 Å². The van der Waals surface area contributed by atoms with Gasteiger partial charge in [0, 0.05) is 30.7 Å². The number of nitrogens with one attached hydrogen (secondary N) is 1. The monoisotopic (exact) mass is 344 g/mol. The van der Waals surface area contributed by atoms with Crippen molar-refractivity contribution in [2.75, 3.05) is 31.6 Å². The van der Waals surface area contributed by atoms with Crippen molar-refractivity contribution in [3.63, 3.8) is 0 Å². The number of ether oxygens (including phenoxy) is 1. The Kier molecular flexibility index (Phi) is 5.67.